The average Bonchev–Trinajstić information content (AvgIpc) is 3.00. The highest BCUT2D eigenvalue weighted by atomic mass is 35.5. The van der Waals surface area contributed by atoms with Crippen LogP contribution in [0.4, 0.5) is 17.2 Å². The molecule has 12 heteroatoms. The van der Waals surface area contributed by atoms with Gasteiger partial charge in [-0.15, -0.1) is 0 Å². The maximum Gasteiger partial charge on any atom is 0.300 e. The van der Waals surface area contributed by atoms with E-state index in [4.69, 9.17) is 25.8 Å². The Bertz CT molecular complexity index is 1590. The number of aromatic nitrogens is 4. The van der Waals surface area contributed by atoms with Gasteiger partial charge < -0.3 is 24.8 Å². The van der Waals surface area contributed by atoms with Gasteiger partial charge in [0.2, 0.25) is 0 Å². The number of hydrogen-bond donors (Lipinski definition) is 2. The summed E-state index contributed by atoms with van der Waals surface area (Å²) < 4.78 is 17.3. The van der Waals surface area contributed by atoms with E-state index in [1.165, 1.54) is 6.33 Å². The van der Waals surface area contributed by atoms with Crippen molar-refractivity contribution >= 4 is 45.6 Å². The molecule has 0 unspecified atom stereocenters. The minimum atomic E-state index is -0.440. The first kappa shape index (κ1) is 29.0. The van der Waals surface area contributed by atoms with Gasteiger partial charge in [-0.2, -0.15) is 0 Å². The van der Waals surface area contributed by atoms with Gasteiger partial charge in [0.05, 0.1) is 47.9 Å². The number of carbonyl (C=O) groups excluding carboxylic acids is 1. The topological polar surface area (TPSA) is 124 Å². The van der Waals surface area contributed by atoms with Crippen molar-refractivity contribution in [3.63, 3.8) is 0 Å². The Labute approximate surface area is 248 Å². The first-order valence-electron chi connectivity index (χ1n) is 13.5. The van der Waals surface area contributed by atoms with E-state index in [9.17, 15) is 4.79 Å². The molecule has 0 bridgehead atoms. The normalized spacial score (nSPS) is 13.2. The Hall–Kier alpha value is -4.50. The van der Waals surface area contributed by atoms with Crippen LogP contribution in [0, 0.1) is 11.8 Å². The number of amides is 1. The summed E-state index contributed by atoms with van der Waals surface area (Å²) in [4.78, 5) is 31.8. The van der Waals surface area contributed by atoms with Gasteiger partial charge in [-0.25, -0.2) is 9.97 Å². The van der Waals surface area contributed by atoms with Gasteiger partial charge >= 0.3 is 0 Å². The summed E-state index contributed by atoms with van der Waals surface area (Å²) in [5, 5.41) is 7.22. The van der Waals surface area contributed by atoms with E-state index in [2.05, 4.69) is 47.3 Å². The minimum Gasteiger partial charge on any atom is -0.491 e. The number of ether oxygens (including phenoxy) is 3. The van der Waals surface area contributed by atoms with Crippen LogP contribution < -0.4 is 20.1 Å². The molecule has 0 atom stereocenters. The number of nitrogens with one attached hydrogen (secondary N) is 2. The van der Waals surface area contributed by atoms with Gasteiger partial charge in [0.25, 0.3) is 5.91 Å². The van der Waals surface area contributed by atoms with Crippen molar-refractivity contribution < 1.29 is 19.0 Å². The highest BCUT2D eigenvalue weighted by Crippen LogP contribution is 2.35. The highest BCUT2D eigenvalue weighted by Gasteiger charge is 2.15. The molecule has 5 rings (SSSR count). The number of nitrogens with zero attached hydrogens (tertiary/aromatic N) is 5. The molecule has 4 aromatic rings. The zero-order valence-corrected chi connectivity index (χ0v) is 23.9. The van der Waals surface area contributed by atoms with Crippen LogP contribution >= 0.6 is 11.6 Å². The van der Waals surface area contributed by atoms with E-state index in [1.54, 1.807) is 49.8 Å². The van der Waals surface area contributed by atoms with Crippen LogP contribution in [0.2, 0.25) is 5.02 Å². The molecular weight excluding hydrogens is 558 g/mol. The number of halogens is 1. The van der Waals surface area contributed by atoms with E-state index >= 15 is 0 Å². The summed E-state index contributed by atoms with van der Waals surface area (Å²) in [5.41, 5.74) is 2.50. The molecule has 1 saturated heterocycles. The number of fused-ring (bicyclic) bond motifs is 1. The molecule has 3 heterocycles. The van der Waals surface area contributed by atoms with Crippen LogP contribution in [-0.2, 0) is 16.1 Å². The van der Waals surface area contributed by atoms with Crippen molar-refractivity contribution in [2.45, 2.75) is 20.0 Å². The van der Waals surface area contributed by atoms with Gasteiger partial charge in [0.1, 0.15) is 30.3 Å². The molecule has 0 spiro atoms. The van der Waals surface area contributed by atoms with Gasteiger partial charge in [0, 0.05) is 49.2 Å². The second-order valence-electron chi connectivity index (χ2n) is 9.33. The molecule has 1 amide bonds. The molecule has 1 aliphatic rings. The highest BCUT2D eigenvalue weighted by molar-refractivity contribution is 6.32. The fourth-order valence-corrected chi connectivity index (χ4v) is 4.59. The summed E-state index contributed by atoms with van der Waals surface area (Å²) in [5.74, 6) is 6.24. The van der Waals surface area contributed by atoms with E-state index in [0.717, 1.165) is 39.3 Å². The van der Waals surface area contributed by atoms with Crippen molar-refractivity contribution in [3.8, 4) is 23.3 Å². The van der Waals surface area contributed by atoms with Gasteiger partial charge in [-0.3, -0.25) is 19.7 Å². The lowest BCUT2D eigenvalue weighted by molar-refractivity contribution is -0.111. The Balaban J connectivity index is 1.32. The van der Waals surface area contributed by atoms with E-state index in [-0.39, 0.29) is 6.61 Å². The first-order chi connectivity index (χ1) is 20.6. The predicted molar refractivity (Wildman–Crippen MR) is 160 cm³/mol. The van der Waals surface area contributed by atoms with Gasteiger partial charge in [0.15, 0.2) is 0 Å². The molecule has 2 aromatic carbocycles. The fraction of sp³-hybridized carbons (Fsp3) is 0.300. The van der Waals surface area contributed by atoms with Crippen LogP contribution in [-0.4, -0.2) is 70.2 Å². The number of anilines is 3. The second-order valence-corrected chi connectivity index (χ2v) is 9.74. The van der Waals surface area contributed by atoms with E-state index in [0.29, 0.717) is 56.9 Å². The van der Waals surface area contributed by atoms with Crippen LogP contribution in [0.1, 0.15) is 19.0 Å². The van der Waals surface area contributed by atoms with E-state index < -0.39 is 5.91 Å². The fourth-order valence-electron chi connectivity index (χ4n) is 4.35. The predicted octanol–water partition coefficient (Wildman–Crippen LogP) is 4.46. The van der Waals surface area contributed by atoms with Crippen molar-refractivity contribution in [1.29, 1.82) is 0 Å². The quantitative estimate of drug-likeness (QED) is 0.192. The summed E-state index contributed by atoms with van der Waals surface area (Å²) in [7, 11) is 0. The lowest BCUT2D eigenvalue weighted by Gasteiger charge is -2.26. The lowest BCUT2D eigenvalue weighted by Crippen LogP contribution is -2.37. The molecule has 11 nitrogen and oxygen atoms in total. The molecule has 1 fully saturated rings. The van der Waals surface area contributed by atoms with E-state index in [1.807, 2.05) is 6.07 Å². The van der Waals surface area contributed by atoms with Crippen molar-refractivity contribution in [2.75, 3.05) is 50.1 Å². The third-order valence-electron chi connectivity index (χ3n) is 6.39. The molecule has 2 aromatic heterocycles. The molecule has 0 radical (unpaired) electrons. The Morgan fingerprint density at radius 3 is 2.76 bits per heavy atom. The smallest absolute Gasteiger partial charge is 0.300 e. The molecular formula is C30H30ClN7O4. The third-order valence-corrected chi connectivity index (χ3v) is 6.69. The van der Waals surface area contributed by atoms with Gasteiger partial charge in [-0.05, 0) is 43.5 Å². The minimum absolute atomic E-state index is 0.241. The van der Waals surface area contributed by atoms with Gasteiger partial charge in [-0.1, -0.05) is 17.5 Å². The Kier molecular flexibility index (Phi) is 9.95. The standard InChI is InChI=1S/C30H30ClN7O4/c1-2-4-29(39)37-26-16-23-25(17-28(26)41-12-3-9-38-10-13-40-14-11-38)34-20-35-30(23)36-21-5-6-27(24(31)15-21)42-19-22-18-32-7-8-33-22/h5-8,15-18,20H,3,9-14,19H2,1H3,(H,37,39)(H,34,35,36). The van der Waals surface area contributed by atoms with Crippen molar-refractivity contribution in [3.05, 3.63) is 66.0 Å². The summed E-state index contributed by atoms with van der Waals surface area (Å²) >= 11 is 6.50. The van der Waals surface area contributed by atoms with Crippen molar-refractivity contribution in [2.24, 2.45) is 0 Å². The lowest BCUT2D eigenvalue weighted by atomic mass is 10.1. The van der Waals surface area contributed by atoms with Crippen LogP contribution in [0.5, 0.6) is 11.5 Å². The average molecular weight is 588 g/mol. The summed E-state index contributed by atoms with van der Waals surface area (Å²) in [6.07, 6.45) is 7.14. The maximum atomic E-state index is 12.4. The Morgan fingerprint density at radius 2 is 1.98 bits per heavy atom. The molecule has 216 valence electrons. The largest absolute Gasteiger partial charge is 0.491 e. The zero-order chi connectivity index (χ0) is 29.1. The number of benzene rings is 2. The molecule has 2 N–H and O–H groups in total. The summed E-state index contributed by atoms with van der Waals surface area (Å²) in [6.45, 7) is 6.58. The first-order valence-corrected chi connectivity index (χ1v) is 13.9. The Morgan fingerprint density at radius 1 is 1.10 bits per heavy atom. The van der Waals surface area contributed by atoms with Crippen LogP contribution in [0.15, 0.2) is 55.2 Å². The number of rotatable bonds is 11. The SMILES string of the molecule is CC#CC(=O)Nc1cc2c(Nc3ccc(OCc4cnccn4)c(Cl)c3)ncnc2cc1OCCCN1CCOCC1. The third kappa shape index (κ3) is 7.82. The maximum absolute atomic E-state index is 12.4. The zero-order valence-electron chi connectivity index (χ0n) is 23.1. The molecule has 0 aliphatic carbocycles. The monoisotopic (exact) mass is 587 g/mol. The molecule has 1 aliphatic heterocycles. The number of carbonyl (C=O) groups is 1. The number of morpholine rings is 1. The molecule has 42 heavy (non-hydrogen) atoms. The van der Waals surface area contributed by atoms with Crippen LogP contribution in [0.25, 0.3) is 10.9 Å². The second kappa shape index (κ2) is 14.4. The summed E-state index contributed by atoms with van der Waals surface area (Å²) in [6, 6.07) is 8.92. The molecule has 0 saturated carbocycles. The van der Waals surface area contributed by atoms with Crippen molar-refractivity contribution in [1.82, 2.24) is 24.8 Å². The van der Waals surface area contributed by atoms with Crippen LogP contribution in [0.3, 0.4) is 0 Å². The number of hydrogen-bond acceptors (Lipinski definition) is 10.